The standard InChI is InChI=1S/C19H23ClN2O3S2/c1-14-11-16(7-8-18(14)22(2)27(3,24)25)19(23)21-9-10-26-13-15-5-4-6-17(20)12-15/h4-8,11-12H,9-10,13H2,1-3H3,(H,21,23). The van der Waals surface area contributed by atoms with E-state index in [4.69, 9.17) is 11.6 Å². The number of amides is 1. The zero-order chi connectivity index (χ0) is 20.0. The maximum Gasteiger partial charge on any atom is 0.251 e. The van der Waals surface area contributed by atoms with Gasteiger partial charge in [0.1, 0.15) is 0 Å². The number of anilines is 1. The topological polar surface area (TPSA) is 66.5 Å². The van der Waals surface area contributed by atoms with Crippen LogP contribution in [0, 0.1) is 6.92 Å². The molecule has 0 saturated heterocycles. The van der Waals surface area contributed by atoms with Crippen LogP contribution in [0.15, 0.2) is 42.5 Å². The van der Waals surface area contributed by atoms with Gasteiger partial charge in [-0.1, -0.05) is 23.7 Å². The first-order valence-electron chi connectivity index (χ1n) is 8.33. The van der Waals surface area contributed by atoms with Crippen molar-refractivity contribution in [3.63, 3.8) is 0 Å². The Morgan fingerprint density at radius 2 is 1.96 bits per heavy atom. The first-order chi connectivity index (χ1) is 12.7. The smallest absolute Gasteiger partial charge is 0.251 e. The minimum absolute atomic E-state index is 0.171. The van der Waals surface area contributed by atoms with Gasteiger partial charge in [-0.2, -0.15) is 11.8 Å². The van der Waals surface area contributed by atoms with Crippen LogP contribution in [0.4, 0.5) is 5.69 Å². The summed E-state index contributed by atoms with van der Waals surface area (Å²) >= 11 is 7.68. The Hall–Kier alpha value is -1.70. The van der Waals surface area contributed by atoms with Crippen LogP contribution in [0.5, 0.6) is 0 Å². The molecule has 8 heteroatoms. The normalized spacial score (nSPS) is 11.3. The molecule has 5 nitrogen and oxygen atoms in total. The molecule has 0 spiro atoms. The van der Waals surface area contributed by atoms with E-state index in [9.17, 15) is 13.2 Å². The van der Waals surface area contributed by atoms with E-state index in [-0.39, 0.29) is 5.91 Å². The second-order valence-electron chi connectivity index (χ2n) is 6.17. The molecule has 0 heterocycles. The van der Waals surface area contributed by atoms with Crippen molar-refractivity contribution in [2.75, 3.05) is 29.9 Å². The van der Waals surface area contributed by atoms with Crippen LogP contribution in [0.1, 0.15) is 21.5 Å². The van der Waals surface area contributed by atoms with Crippen LogP contribution in [-0.2, 0) is 15.8 Å². The van der Waals surface area contributed by atoms with Gasteiger partial charge in [0.25, 0.3) is 5.91 Å². The van der Waals surface area contributed by atoms with Crippen LogP contribution in [0.3, 0.4) is 0 Å². The monoisotopic (exact) mass is 426 g/mol. The van der Waals surface area contributed by atoms with Gasteiger partial charge in [-0.05, 0) is 48.4 Å². The summed E-state index contributed by atoms with van der Waals surface area (Å²) in [4.78, 5) is 12.3. The maximum absolute atomic E-state index is 12.3. The lowest BCUT2D eigenvalue weighted by Gasteiger charge is -2.19. The highest BCUT2D eigenvalue weighted by Gasteiger charge is 2.15. The summed E-state index contributed by atoms with van der Waals surface area (Å²) in [6.07, 6.45) is 1.15. The number of thioether (sulfide) groups is 1. The van der Waals surface area contributed by atoms with E-state index in [1.54, 1.807) is 36.9 Å². The number of carbonyl (C=O) groups is 1. The van der Waals surface area contributed by atoms with E-state index in [1.807, 2.05) is 24.3 Å². The fourth-order valence-corrected chi connectivity index (χ4v) is 4.07. The molecule has 0 unspecified atom stereocenters. The summed E-state index contributed by atoms with van der Waals surface area (Å²) in [5.41, 5.74) is 2.95. The molecule has 0 saturated carbocycles. The number of sulfonamides is 1. The Bertz CT molecular complexity index is 917. The molecule has 1 N–H and O–H groups in total. The number of nitrogens with zero attached hydrogens (tertiary/aromatic N) is 1. The fourth-order valence-electron chi connectivity index (χ4n) is 2.48. The molecule has 0 bridgehead atoms. The molecule has 0 aliphatic heterocycles. The van der Waals surface area contributed by atoms with Gasteiger partial charge in [-0.3, -0.25) is 9.10 Å². The highest BCUT2D eigenvalue weighted by molar-refractivity contribution is 7.98. The Kier molecular flexibility index (Phi) is 7.59. The van der Waals surface area contributed by atoms with Crippen molar-refractivity contribution in [2.45, 2.75) is 12.7 Å². The molecule has 2 aromatic rings. The number of aryl methyl sites for hydroxylation is 1. The summed E-state index contributed by atoms with van der Waals surface area (Å²) in [7, 11) is -1.84. The van der Waals surface area contributed by atoms with Gasteiger partial charge >= 0.3 is 0 Å². The summed E-state index contributed by atoms with van der Waals surface area (Å²) in [6, 6.07) is 12.7. The molecule has 146 valence electrons. The largest absolute Gasteiger partial charge is 0.351 e. The minimum Gasteiger partial charge on any atom is -0.351 e. The third-order valence-corrected chi connectivity index (χ3v) is 6.44. The summed E-state index contributed by atoms with van der Waals surface area (Å²) < 4.78 is 24.5. The van der Waals surface area contributed by atoms with Gasteiger partial charge < -0.3 is 5.32 Å². The molecule has 2 rings (SSSR count). The van der Waals surface area contributed by atoms with Gasteiger partial charge in [0.05, 0.1) is 11.9 Å². The molecular weight excluding hydrogens is 404 g/mol. The zero-order valence-corrected chi connectivity index (χ0v) is 17.9. The highest BCUT2D eigenvalue weighted by Crippen LogP contribution is 2.22. The minimum atomic E-state index is -3.34. The Labute approximate surface area is 170 Å². The number of hydrogen-bond donors (Lipinski definition) is 1. The third kappa shape index (κ3) is 6.45. The molecule has 27 heavy (non-hydrogen) atoms. The summed E-state index contributed by atoms with van der Waals surface area (Å²) in [5, 5.41) is 3.61. The van der Waals surface area contributed by atoms with Crippen molar-refractivity contribution in [1.29, 1.82) is 0 Å². The number of rotatable bonds is 8. The van der Waals surface area contributed by atoms with E-state index in [0.29, 0.717) is 17.8 Å². The van der Waals surface area contributed by atoms with E-state index in [1.165, 1.54) is 11.4 Å². The van der Waals surface area contributed by atoms with E-state index < -0.39 is 10.0 Å². The number of nitrogens with one attached hydrogen (secondary N) is 1. The first kappa shape index (κ1) is 21.6. The number of carbonyl (C=O) groups excluding carboxylic acids is 1. The third-order valence-electron chi connectivity index (χ3n) is 3.99. The molecule has 0 aliphatic carbocycles. The van der Waals surface area contributed by atoms with E-state index in [2.05, 4.69) is 5.32 Å². The molecule has 0 atom stereocenters. The number of hydrogen-bond acceptors (Lipinski definition) is 4. The van der Waals surface area contributed by atoms with Crippen LogP contribution < -0.4 is 9.62 Å². The molecular formula is C19H23ClN2O3S2. The predicted octanol–water partition coefficient (Wildman–Crippen LogP) is 3.71. The number of benzene rings is 2. The van der Waals surface area contributed by atoms with Crippen molar-refractivity contribution < 1.29 is 13.2 Å². The van der Waals surface area contributed by atoms with Crippen molar-refractivity contribution in [1.82, 2.24) is 5.32 Å². The van der Waals surface area contributed by atoms with Crippen molar-refractivity contribution in [2.24, 2.45) is 0 Å². The van der Waals surface area contributed by atoms with Crippen LogP contribution >= 0.6 is 23.4 Å². The predicted molar refractivity (Wildman–Crippen MR) is 114 cm³/mol. The van der Waals surface area contributed by atoms with Gasteiger partial charge in [-0.25, -0.2) is 8.42 Å². The fraction of sp³-hybridized carbons (Fsp3) is 0.316. The Morgan fingerprint density at radius 3 is 2.59 bits per heavy atom. The SMILES string of the molecule is Cc1cc(C(=O)NCCSCc2cccc(Cl)c2)ccc1N(C)S(C)(=O)=O. The molecule has 0 fully saturated rings. The van der Waals surface area contributed by atoms with Crippen molar-refractivity contribution >= 4 is 45.0 Å². The van der Waals surface area contributed by atoms with Crippen LogP contribution in [-0.4, -0.2) is 39.9 Å². The van der Waals surface area contributed by atoms with Gasteiger partial charge in [0, 0.05) is 35.7 Å². The molecule has 0 aromatic heterocycles. The highest BCUT2D eigenvalue weighted by atomic mass is 35.5. The lowest BCUT2D eigenvalue weighted by Crippen LogP contribution is -2.27. The molecule has 2 aromatic carbocycles. The second-order valence-corrected chi connectivity index (χ2v) is 9.73. The first-order valence-corrected chi connectivity index (χ1v) is 11.7. The molecule has 1 amide bonds. The van der Waals surface area contributed by atoms with Crippen LogP contribution in [0.2, 0.25) is 5.02 Å². The second kappa shape index (κ2) is 9.48. The number of halogens is 1. The average Bonchev–Trinajstić information content (AvgIpc) is 2.60. The van der Waals surface area contributed by atoms with Gasteiger partial charge in [0.2, 0.25) is 10.0 Å². The summed E-state index contributed by atoms with van der Waals surface area (Å²) in [6.45, 7) is 2.34. The van der Waals surface area contributed by atoms with Gasteiger partial charge in [-0.15, -0.1) is 0 Å². The quantitative estimate of drug-likeness (QED) is 0.653. The zero-order valence-electron chi connectivity index (χ0n) is 15.5. The van der Waals surface area contributed by atoms with Crippen molar-refractivity contribution in [3.05, 3.63) is 64.2 Å². The average molecular weight is 427 g/mol. The molecule has 0 aliphatic rings. The molecule has 0 radical (unpaired) electrons. The van der Waals surface area contributed by atoms with Crippen LogP contribution in [0.25, 0.3) is 0 Å². The Morgan fingerprint density at radius 1 is 1.22 bits per heavy atom. The van der Waals surface area contributed by atoms with E-state index in [0.717, 1.165) is 33.9 Å². The van der Waals surface area contributed by atoms with Gasteiger partial charge in [0.15, 0.2) is 0 Å². The maximum atomic E-state index is 12.3. The lowest BCUT2D eigenvalue weighted by molar-refractivity contribution is 0.0956. The summed E-state index contributed by atoms with van der Waals surface area (Å²) in [5.74, 6) is 1.45. The van der Waals surface area contributed by atoms with E-state index >= 15 is 0 Å². The van der Waals surface area contributed by atoms with Crippen molar-refractivity contribution in [3.8, 4) is 0 Å². The Balaban J connectivity index is 1.84. The lowest BCUT2D eigenvalue weighted by atomic mass is 10.1.